The maximum atomic E-state index is 8.12. The Morgan fingerprint density at radius 2 is 1.25 bits per heavy atom. The third-order valence-electron chi connectivity index (χ3n) is 0. The van der Waals surface area contributed by atoms with Crippen molar-refractivity contribution in [3.63, 3.8) is 0 Å². The molecule has 0 aromatic rings. The predicted octanol–water partition coefficient (Wildman–Crippen LogP) is -0.964. The number of hydrogen-bond acceptors (Lipinski definition) is 2. The Morgan fingerprint density at radius 3 is 1.25 bits per heavy atom. The van der Waals surface area contributed by atoms with E-state index < -0.39 is 0 Å². The summed E-state index contributed by atoms with van der Waals surface area (Å²) in [6.07, 6.45) is 0.250. The van der Waals surface area contributed by atoms with Crippen molar-refractivity contribution in [2.24, 2.45) is 0 Å². The first-order valence-electron chi connectivity index (χ1n) is 0.408. The topological polar surface area (TPSA) is 34.1 Å². The third kappa shape index (κ3) is 56.2. The Morgan fingerprint density at radius 1 is 1.25 bits per heavy atom. The minimum atomic E-state index is 0. The summed E-state index contributed by atoms with van der Waals surface area (Å²) in [7, 11) is 0. The maximum Gasteiger partial charge on any atom is 0.373 e. The van der Waals surface area contributed by atoms with E-state index in [1.54, 1.807) is 0 Å². The molecule has 0 saturated heterocycles. The number of hydrogen-bond donors (Lipinski definition) is 0. The summed E-state index contributed by atoms with van der Waals surface area (Å²) in [6.45, 7) is 0. The molecule has 0 aromatic carbocycles. The molecule has 0 rings (SSSR count). The molecule has 0 bridgehead atoms. The van der Waals surface area contributed by atoms with Crippen LogP contribution in [0.5, 0.6) is 0 Å². The van der Waals surface area contributed by atoms with Crippen molar-refractivity contribution in [1.29, 1.82) is 0 Å². The van der Waals surface area contributed by atoms with Gasteiger partial charge in [-0.15, -0.1) is 0 Å². The van der Waals surface area contributed by atoms with Gasteiger partial charge < -0.3 is 0 Å². The van der Waals surface area contributed by atoms with Gasteiger partial charge in [0, 0.05) is 25.8 Å². The summed E-state index contributed by atoms with van der Waals surface area (Å²) >= 11 is 0. The molecule has 3 heteroatoms. The predicted molar refractivity (Wildman–Crippen MR) is 10.8 cm³/mol. The molecule has 0 atom stereocenters. The summed E-state index contributed by atoms with van der Waals surface area (Å²) in [4.78, 5) is 16.2. The van der Waals surface area contributed by atoms with Crippen molar-refractivity contribution >= 4 is 32.0 Å². The largest absolute Gasteiger partial charge is 0.373 e. The Hall–Kier alpha value is 0.250. The minimum absolute atomic E-state index is 0. The van der Waals surface area contributed by atoms with Crippen LogP contribution in [0.2, 0.25) is 0 Å². The molecule has 0 N–H and O–H groups in total. The maximum absolute atomic E-state index is 8.12. The van der Waals surface area contributed by atoms with Crippen LogP contribution in [0.1, 0.15) is 0 Å². The molecule has 3 radical (unpaired) electrons. The van der Waals surface area contributed by atoms with Crippen LogP contribution >= 0.6 is 0 Å². The molecule has 0 aliphatic carbocycles. The van der Waals surface area contributed by atoms with E-state index in [1.807, 2.05) is 0 Å². The summed E-state index contributed by atoms with van der Waals surface area (Å²) in [5, 5.41) is 0. The zero-order valence-electron chi connectivity index (χ0n) is 1.89. The van der Waals surface area contributed by atoms with Crippen LogP contribution < -0.4 is 0 Å². The van der Waals surface area contributed by atoms with Gasteiger partial charge in [0.15, 0.2) is 0 Å². The SMILES string of the molecule is O=C=O.[In]. The second-order valence-corrected chi connectivity index (χ2v) is 0.0833. The molecular formula is CInO2. The van der Waals surface area contributed by atoms with E-state index in [2.05, 4.69) is 0 Å². The van der Waals surface area contributed by atoms with E-state index >= 15 is 0 Å². The molecule has 0 spiro atoms. The molecule has 0 aromatic heterocycles. The van der Waals surface area contributed by atoms with Gasteiger partial charge in [-0.1, -0.05) is 0 Å². The van der Waals surface area contributed by atoms with Gasteiger partial charge in [0.1, 0.15) is 0 Å². The number of rotatable bonds is 0. The van der Waals surface area contributed by atoms with Gasteiger partial charge >= 0.3 is 6.15 Å². The van der Waals surface area contributed by atoms with Crippen LogP contribution in [0.4, 0.5) is 0 Å². The first-order valence-corrected chi connectivity index (χ1v) is 0.408. The average Bonchev–Trinajstić information content (AvgIpc) is 0.918. The number of carbonyl (C=O) groups excluding carboxylic acids is 2. The molecule has 19 valence electrons. The second kappa shape index (κ2) is 10.5. The first-order chi connectivity index (χ1) is 1.41. The molecule has 0 unspecified atom stereocenters. The van der Waals surface area contributed by atoms with Crippen LogP contribution in [0.15, 0.2) is 0 Å². The van der Waals surface area contributed by atoms with Crippen LogP contribution in [-0.4, -0.2) is 32.0 Å². The Labute approximate surface area is 42.0 Å². The molecule has 2 nitrogen and oxygen atoms in total. The second-order valence-electron chi connectivity index (χ2n) is 0.0833. The third-order valence-corrected chi connectivity index (χ3v) is 0. The van der Waals surface area contributed by atoms with Crippen LogP contribution in [0, 0.1) is 0 Å². The molecule has 0 aliphatic rings. The van der Waals surface area contributed by atoms with Gasteiger partial charge in [0.2, 0.25) is 0 Å². The first kappa shape index (κ1) is 8.87. The molecule has 0 saturated carbocycles. The molecule has 0 heterocycles. The van der Waals surface area contributed by atoms with E-state index in [0.717, 1.165) is 0 Å². The zero-order chi connectivity index (χ0) is 2.71. The van der Waals surface area contributed by atoms with E-state index in [4.69, 9.17) is 9.59 Å². The molecule has 0 amide bonds. The van der Waals surface area contributed by atoms with Crippen molar-refractivity contribution in [2.45, 2.75) is 0 Å². The van der Waals surface area contributed by atoms with Gasteiger partial charge in [0.25, 0.3) is 0 Å². The van der Waals surface area contributed by atoms with Gasteiger partial charge in [-0.05, 0) is 0 Å². The van der Waals surface area contributed by atoms with Crippen molar-refractivity contribution in [3.05, 3.63) is 0 Å². The van der Waals surface area contributed by atoms with Gasteiger partial charge in [-0.3, -0.25) is 0 Å². The van der Waals surface area contributed by atoms with Gasteiger partial charge in [-0.25, -0.2) is 0 Å². The normalized spacial score (nSPS) is 2.00. The minimum Gasteiger partial charge on any atom is -0.186 e. The molecular weight excluding hydrogens is 159 g/mol. The van der Waals surface area contributed by atoms with Crippen molar-refractivity contribution in [2.75, 3.05) is 0 Å². The van der Waals surface area contributed by atoms with Gasteiger partial charge in [0.05, 0.1) is 0 Å². The fraction of sp³-hybridized carbons (Fsp3) is 0. The fourth-order valence-electron chi connectivity index (χ4n) is 0. The Bertz CT molecular complexity index is 27.0. The molecule has 0 fully saturated rings. The van der Waals surface area contributed by atoms with E-state index in [0.29, 0.717) is 0 Å². The van der Waals surface area contributed by atoms with Gasteiger partial charge in [-0.2, -0.15) is 9.59 Å². The quantitative estimate of drug-likeness (QED) is 0.455. The van der Waals surface area contributed by atoms with Crippen molar-refractivity contribution in [1.82, 2.24) is 0 Å². The average molecular weight is 159 g/mol. The monoisotopic (exact) mass is 159 g/mol. The summed E-state index contributed by atoms with van der Waals surface area (Å²) in [6, 6.07) is 0. The van der Waals surface area contributed by atoms with Crippen molar-refractivity contribution in [3.8, 4) is 0 Å². The summed E-state index contributed by atoms with van der Waals surface area (Å²) in [5.74, 6) is 0. The van der Waals surface area contributed by atoms with Crippen LogP contribution in [-0.2, 0) is 9.59 Å². The van der Waals surface area contributed by atoms with Crippen LogP contribution in [0.3, 0.4) is 0 Å². The zero-order valence-corrected chi connectivity index (χ0v) is 5.19. The van der Waals surface area contributed by atoms with E-state index in [1.165, 1.54) is 0 Å². The van der Waals surface area contributed by atoms with E-state index in [-0.39, 0.29) is 32.0 Å². The molecule has 0 aliphatic heterocycles. The standard InChI is InChI=1S/CO2.In/c2-1-3;. The van der Waals surface area contributed by atoms with E-state index in [9.17, 15) is 0 Å². The smallest absolute Gasteiger partial charge is 0.186 e. The van der Waals surface area contributed by atoms with Crippen LogP contribution in [0.25, 0.3) is 0 Å². The molecule has 4 heavy (non-hydrogen) atoms. The fourth-order valence-corrected chi connectivity index (χ4v) is 0. The van der Waals surface area contributed by atoms with Crippen molar-refractivity contribution < 1.29 is 9.59 Å². The Balaban J connectivity index is 0. The Kier molecular flexibility index (Phi) is 23.3. The summed E-state index contributed by atoms with van der Waals surface area (Å²) in [5.41, 5.74) is 0. The summed E-state index contributed by atoms with van der Waals surface area (Å²) < 4.78 is 0.